The molecule has 2 nitrogen and oxygen atoms in total. The molecule has 0 amide bonds. The zero-order valence-corrected chi connectivity index (χ0v) is 8.62. The molecule has 0 atom stereocenters. The molecule has 0 unspecified atom stereocenters. The van der Waals surface area contributed by atoms with Gasteiger partial charge in [0.15, 0.2) is 5.76 Å². The molecule has 2 rings (SSSR count). The number of Topliss-reactive ketones (excluding diaryl/α,β-unsaturated/α-hetero) is 1. The van der Waals surface area contributed by atoms with E-state index in [4.69, 9.17) is 4.42 Å². The molecular formula is C13H12O2. The summed E-state index contributed by atoms with van der Waals surface area (Å²) >= 11 is 0. The quantitative estimate of drug-likeness (QED) is 0.560. The molecule has 0 radical (unpaired) electrons. The lowest BCUT2D eigenvalue weighted by Crippen LogP contribution is -1.93. The number of aryl methyl sites for hydroxylation is 1. The number of rotatable bonds is 3. The maximum absolute atomic E-state index is 11.5. The molecule has 15 heavy (non-hydrogen) atoms. The van der Waals surface area contributed by atoms with Crippen molar-refractivity contribution < 1.29 is 9.21 Å². The van der Waals surface area contributed by atoms with Crippen molar-refractivity contribution in [3.05, 3.63) is 48.2 Å². The molecule has 2 heteroatoms. The van der Waals surface area contributed by atoms with Crippen LogP contribution in [0.15, 0.2) is 41.3 Å². The predicted octanol–water partition coefficient (Wildman–Crippen LogP) is 3.50. The highest BCUT2D eigenvalue weighted by atomic mass is 16.3. The van der Waals surface area contributed by atoms with Gasteiger partial charge in [-0.25, -0.2) is 0 Å². The topological polar surface area (TPSA) is 30.2 Å². The van der Waals surface area contributed by atoms with Gasteiger partial charge in [0.2, 0.25) is 5.78 Å². The number of benzene rings is 1. The number of ketones is 1. The average molecular weight is 200 g/mol. The van der Waals surface area contributed by atoms with Crippen molar-refractivity contribution >= 4 is 16.8 Å². The summed E-state index contributed by atoms with van der Waals surface area (Å²) in [6, 6.07) is 7.64. The second-order valence-corrected chi connectivity index (χ2v) is 3.57. The SMILES string of the molecule is C=CCC(=O)c1cc2cc(C)ccc2o1. The molecule has 2 aromatic rings. The van der Waals surface area contributed by atoms with E-state index in [0.717, 1.165) is 16.5 Å². The van der Waals surface area contributed by atoms with Gasteiger partial charge in [-0.3, -0.25) is 4.79 Å². The summed E-state index contributed by atoms with van der Waals surface area (Å²) in [5.41, 5.74) is 1.92. The standard InChI is InChI=1S/C13H12O2/c1-3-4-11(14)13-8-10-7-9(2)5-6-12(10)15-13/h3,5-8H,1,4H2,2H3. The molecule has 1 aromatic carbocycles. The van der Waals surface area contributed by atoms with E-state index in [1.165, 1.54) is 0 Å². The van der Waals surface area contributed by atoms with Crippen LogP contribution >= 0.6 is 0 Å². The zero-order chi connectivity index (χ0) is 10.8. The first-order chi connectivity index (χ1) is 7.20. The third kappa shape index (κ3) is 1.84. The van der Waals surface area contributed by atoms with Crippen LogP contribution in [0.3, 0.4) is 0 Å². The summed E-state index contributed by atoms with van der Waals surface area (Å²) in [5.74, 6) is 0.384. The van der Waals surface area contributed by atoms with Crippen LogP contribution < -0.4 is 0 Å². The van der Waals surface area contributed by atoms with Gasteiger partial charge < -0.3 is 4.42 Å². The molecule has 0 bridgehead atoms. The highest BCUT2D eigenvalue weighted by Crippen LogP contribution is 2.21. The molecule has 0 saturated heterocycles. The maximum atomic E-state index is 11.5. The fraction of sp³-hybridized carbons (Fsp3) is 0.154. The van der Waals surface area contributed by atoms with Crippen molar-refractivity contribution in [2.75, 3.05) is 0 Å². The van der Waals surface area contributed by atoms with E-state index in [0.29, 0.717) is 12.2 Å². The summed E-state index contributed by atoms with van der Waals surface area (Å²) in [4.78, 5) is 11.5. The van der Waals surface area contributed by atoms with Crippen LogP contribution in [0.1, 0.15) is 22.5 Å². The fourth-order valence-corrected chi connectivity index (χ4v) is 1.53. The molecular weight excluding hydrogens is 188 g/mol. The van der Waals surface area contributed by atoms with Crippen LogP contribution in [-0.4, -0.2) is 5.78 Å². The zero-order valence-electron chi connectivity index (χ0n) is 8.62. The van der Waals surface area contributed by atoms with E-state index >= 15 is 0 Å². The molecule has 0 aliphatic rings. The van der Waals surface area contributed by atoms with Crippen molar-refractivity contribution in [2.45, 2.75) is 13.3 Å². The Hall–Kier alpha value is -1.83. The minimum atomic E-state index is -0.0288. The molecule has 0 spiro atoms. The van der Waals surface area contributed by atoms with Crippen LogP contribution in [0.5, 0.6) is 0 Å². The summed E-state index contributed by atoms with van der Waals surface area (Å²) in [6.07, 6.45) is 1.90. The van der Waals surface area contributed by atoms with Crippen LogP contribution in [-0.2, 0) is 0 Å². The minimum Gasteiger partial charge on any atom is -0.453 e. The minimum absolute atomic E-state index is 0.0288. The Balaban J connectivity index is 2.47. The molecule has 0 N–H and O–H groups in total. The van der Waals surface area contributed by atoms with Gasteiger partial charge >= 0.3 is 0 Å². The Bertz CT molecular complexity index is 520. The molecule has 0 aliphatic carbocycles. The summed E-state index contributed by atoms with van der Waals surface area (Å²) in [6.45, 7) is 5.54. The van der Waals surface area contributed by atoms with Gasteiger partial charge in [-0.05, 0) is 25.1 Å². The van der Waals surface area contributed by atoms with E-state index in [-0.39, 0.29) is 5.78 Å². The second-order valence-electron chi connectivity index (χ2n) is 3.57. The highest BCUT2D eigenvalue weighted by Gasteiger charge is 2.10. The number of hydrogen-bond donors (Lipinski definition) is 0. The van der Waals surface area contributed by atoms with Crippen LogP contribution in [0.4, 0.5) is 0 Å². The normalized spacial score (nSPS) is 10.5. The number of hydrogen-bond acceptors (Lipinski definition) is 2. The van der Waals surface area contributed by atoms with E-state index in [1.54, 1.807) is 12.1 Å². The first-order valence-corrected chi connectivity index (χ1v) is 4.85. The van der Waals surface area contributed by atoms with Gasteiger partial charge in [0, 0.05) is 11.8 Å². The Morgan fingerprint density at radius 3 is 3.00 bits per heavy atom. The Labute approximate surface area is 88.2 Å². The number of carbonyl (C=O) groups is 1. The molecule has 0 fully saturated rings. The number of carbonyl (C=O) groups excluding carboxylic acids is 1. The lowest BCUT2D eigenvalue weighted by molar-refractivity contribution is 0.0971. The van der Waals surface area contributed by atoms with Gasteiger partial charge in [-0.1, -0.05) is 17.7 Å². The molecule has 0 saturated carbocycles. The highest BCUT2D eigenvalue weighted by molar-refractivity contribution is 5.98. The van der Waals surface area contributed by atoms with Crippen molar-refractivity contribution in [1.29, 1.82) is 0 Å². The van der Waals surface area contributed by atoms with Crippen molar-refractivity contribution in [1.82, 2.24) is 0 Å². The van der Waals surface area contributed by atoms with Gasteiger partial charge in [0.25, 0.3) is 0 Å². The third-order valence-electron chi connectivity index (χ3n) is 2.28. The largest absolute Gasteiger partial charge is 0.453 e. The van der Waals surface area contributed by atoms with E-state index in [1.807, 2.05) is 25.1 Å². The Kier molecular flexibility index (Phi) is 2.42. The predicted molar refractivity (Wildman–Crippen MR) is 60.1 cm³/mol. The van der Waals surface area contributed by atoms with Crippen LogP contribution in [0.25, 0.3) is 11.0 Å². The average Bonchev–Trinajstić information content (AvgIpc) is 2.60. The third-order valence-corrected chi connectivity index (χ3v) is 2.28. The van der Waals surface area contributed by atoms with Crippen molar-refractivity contribution in [3.8, 4) is 0 Å². The van der Waals surface area contributed by atoms with Gasteiger partial charge in [-0.15, -0.1) is 6.58 Å². The number of furan rings is 1. The fourth-order valence-electron chi connectivity index (χ4n) is 1.53. The Morgan fingerprint density at radius 1 is 1.47 bits per heavy atom. The van der Waals surface area contributed by atoms with E-state index in [9.17, 15) is 4.79 Å². The van der Waals surface area contributed by atoms with Crippen LogP contribution in [0, 0.1) is 6.92 Å². The second kappa shape index (κ2) is 3.73. The van der Waals surface area contributed by atoms with Gasteiger partial charge in [0.05, 0.1) is 0 Å². The van der Waals surface area contributed by atoms with Crippen molar-refractivity contribution in [2.24, 2.45) is 0 Å². The van der Waals surface area contributed by atoms with E-state index < -0.39 is 0 Å². The van der Waals surface area contributed by atoms with Crippen LogP contribution in [0.2, 0.25) is 0 Å². The van der Waals surface area contributed by atoms with Gasteiger partial charge in [-0.2, -0.15) is 0 Å². The monoisotopic (exact) mass is 200 g/mol. The first-order valence-electron chi connectivity index (χ1n) is 4.85. The summed E-state index contributed by atoms with van der Waals surface area (Å²) in [7, 11) is 0. The maximum Gasteiger partial charge on any atom is 0.201 e. The van der Waals surface area contributed by atoms with Gasteiger partial charge in [0.1, 0.15) is 5.58 Å². The molecule has 0 aliphatic heterocycles. The molecule has 1 heterocycles. The van der Waals surface area contributed by atoms with E-state index in [2.05, 4.69) is 6.58 Å². The lowest BCUT2D eigenvalue weighted by Gasteiger charge is -1.90. The summed E-state index contributed by atoms with van der Waals surface area (Å²) in [5, 5.41) is 0.974. The lowest BCUT2D eigenvalue weighted by atomic mass is 10.1. The smallest absolute Gasteiger partial charge is 0.201 e. The first kappa shape index (κ1) is 9.71. The molecule has 1 aromatic heterocycles. The molecule has 76 valence electrons. The Morgan fingerprint density at radius 2 is 2.27 bits per heavy atom. The van der Waals surface area contributed by atoms with Crippen molar-refractivity contribution in [3.63, 3.8) is 0 Å². The number of allylic oxidation sites excluding steroid dienone is 1. The summed E-state index contributed by atoms with van der Waals surface area (Å²) < 4.78 is 5.44. The number of fused-ring (bicyclic) bond motifs is 1.